The highest BCUT2D eigenvalue weighted by molar-refractivity contribution is 6.42. The summed E-state index contributed by atoms with van der Waals surface area (Å²) in [7, 11) is 0. The molecule has 2 aromatic heterocycles. The van der Waals surface area contributed by atoms with E-state index in [9.17, 15) is 9.59 Å². The number of carbonyl (C=O) groups is 2. The predicted octanol–water partition coefficient (Wildman–Crippen LogP) is 5.14. The van der Waals surface area contributed by atoms with E-state index in [2.05, 4.69) is 20.7 Å². The van der Waals surface area contributed by atoms with Crippen LogP contribution < -0.4 is 10.6 Å². The van der Waals surface area contributed by atoms with Gasteiger partial charge in [-0.2, -0.15) is 5.10 Å². The normalized spacial score (nSPS) is 10.6. The van der Waals surface area contributed by atoms with Gasteiger partial charge >= 0.3 is 0 Å². The van der Waals surface area contributed by atoms with Gasteiger partial charge in [-0.3, -0.25) is 14.6 Å². The number of carbonyl (C=O) groups excluding carboxylic acids is 2. The first kappa shape index (κ1) is 21.5. The minimum absolute atomic E-state index is 0.313. The maximum absolute atomic E-state index is 12.8. The van der Waals surface area contributed by atoms with Crippen LogP contribution in [0.15, 0.2) is 79.3 Å². The molecule has 0 aliphatic rings. The predicted molar refractivity (Wildman–Crippen MR) is 124 cm³/mol. The molecular formula is C23H17Cl2N5O2. The molecule has 0 aliphatic carbocycles. The first-order valence-corrected chi connectivity index (χ1v) is 10.3. The lowest BCUT2D eigenvalue weighted by molar-refractivity contribution is 0.101. The molecule has 0 unspecified atom stereocenters. The van der Waals surface area contributed by atoms with Crippen LogP contribution in [-0.2, 0) is 6.54 Å². The van der Waals surface area contributed by atoms with E-state index in [-0.39, 0.29) is 11.8 Å². The Labute approximate surface area is 194 Å². The lowest BCUT2D eigenvalue weighted by Crippen LogP contribution is -2.17. The minimum atomic E-state index is -0.346. The summed E-state index contributed by atoms with van der Waals surface area (Å²) in [4.78, 5) is 29.1. The molecule has 4 rings (SSSR count). The summed E-state index contributed by atoms with van der Waals surface area (Å²) in [6.07, 6.45) is 4.64. The first-order chi connectivity index (χ1) is 15.5. The molecule has 0 saturated heterocycles. The van der Waals surface area contributed by atoms with E-state index in [1.165, 1.54) is 6.20 Å². The third-order valence-electron chi connectivity index (χ3n) is 4.62. The van der Waals surface area contributed by atoms with Crippen LogP contribution in [-0.4, -0.2) is 26.6 Å². The van der Waals surface area contributed by atoms with Crippen molar-refractivity contribution in [3.05, 3.63) is 106 Å². The zero-order valence-corrected chi connectivity index (χ0v) is 18.1. The number of rotatable bonds is 6. The van der Waals surface area contributed by atoms with Crippen molar-refractivity contribution in [3.63, 3.8) is 0 Å². The second kappa shape index (κ2) is 9.64. The van der Waals surface area contributed by atoms with Crippen molar-refractivity contribution in [2.24, 2.45) is 0 Å². The van der Waals surface area contributed by atoms with Gasteiger partial charge in [-0.15, -0.1) is 0 Å². The van der Waals surface area contributed by atoms with Gasteiger partial charge in [0.15, 0.2) is 0 Å². The largest absolute Gasteiger partial charge is 0.322 e. The summed E-state index contributed by atoms with van der Waals surface area (Å²) in [5.74, 6) is -0.163. The van der Waals surface area contributed by atoms with Gasteiger partial charge in [0, 0.05) is 29.7 Å². The second-order valence-corrected chi connectivity index (χ2v) is 7.60. The molecule has 7 nitrogen and oxygen atoms in total. The molecule has 2 N–H and O–H groups in total. The van der Waals surface area contributed by atoms with Crippen LogP contribution in [0.25, 0.3) is 0 Å². The first-order valence-electron chi connectivity index (χ1n) is 9.59. The van der Waals surface area contributed by atoms with Crippen molar-refractivity contribution in [2.75, 3.05) is 10.6 Å². The van der Waals surface area contributed by atoms with E-state index in [4.69, 9.17) is 23.2 Å². The molecule has 0 saturated carbocycles. The molecule has 0 atom stereocenters. The number of hydrogen-bond donors (Lipinski definition) is 2. The lowest BCUT2D eigenvalue weighted by Gasteiger charge is -2.11. The van der Waals surface area contributed by atoms with E-state index in [0.717, 1.165) is 5.56 Å². The smallest absolute Gasteiger partial charge is 0.257 e. The molecule has 0 bridgehead atoms. The Morgan fingerprint density at radius 2 is 1.66 bits per heavy atom. The summed E-state index contributed by atoms with van der Waals surface area (Å²) < 4.78 is 1.61. The second-order valence-electron chi connectivity index (χ2n) is 6.82. The van der Waals surface area contributed by atoms with Gasteiger partial charge in [0.2, 0.25) is 0 Å². The van der Waals surface area contributed by atoms with E-state index in [1.807, 2.05) is 6.07 Å². The summed E-state index contributed by atoms with van der Waals surface area (Å²) in [5, 5.41) is 10.8. The Morgan fingerprint density at radius 1 is 0.875 bits per heavy atom. The van der Waals surface area contributed by atoms with Crippen LogP contribution in [0.3, 0.4) is 0 Å². The molecule has 2 amide bonds. The van der Waals surface area contributed by atoms with Gasteiger partial charge < -0.3 is 10.6 Å². The van der Waals surface area contributed by atoms with Crippen molar-refractivity contribution >= 4 is 46.5 Å². The standard InChI is InChI=1S/C23H17Cl2N5O2/c24-19-8-2-5-17(21(19)25)14-30-20(9-11-27-30)29-22(31)15-4-1-7-18(12-15)28-23(32)16-6-3-10-26-13-16/h1-13H,14H2,(H,28,32)(H,29,31). The number of hydrogen-bond acceptors (Lipinski definition) is 4. The highest BCUT2D eigenvalue weighted by Crippen LogP contribution is 2.26. The van der Waals surface area contributed by atoms with Gasteiger partial charge in [0.25, 0.3) is 11.8 Å². The van der Waals surface area contributed by atoms with Gasteiger partial charge in [0.05, 0.1) is 28.4 Å². The van der Waals surface area contributed by atoms with E-state index < -0.39 is 0 Å². The lowest BCUT2D eigenvalue weighted by atomic mass is 10.1. The Balaban J connectivity index is 1.47. The van der Waals surface area contributed by atoms with Gasteiger partial charge in [-0.1, -0.05) is 41.4 Å². The Kier molecular flexibility index (Phi) is 6.49. The fraction of sp³-hybridized carbons (Fsp3) is 0.0435. The number of amides is 2. The van der Waals surface area contributed by atoms with Gasteiger partial charge in [-0.25, -0.2) is 4.68 Å². The summed E-state index contributed by atoms with van der Waals surface area (Å²) >= 11 is 12.4. The van der Waals surface area contributed by atoms with Crippen LogP contribution in [0.2, 0.25) is 10.0 Å². The number of nitrogens with zero attached hydrogens (tertiary/aromatic N) is 3. The number of anilines is 2. The molecule has 0 radical (unpaired) electrons. The zero-order valence-electron chi connectivity index (χ0n) is 16.6. The Morgan fingerprint density at radius 3 is 2.47 bits per heavy atom. The van der Waals surface area contributed by atoms with Crippen molar-refractivity contribution in [1.82, 2.24) is 14.8 Å². The van der Waals surface area contributed by atoms with Crippen LogP contribution in [0, 0.1) is 0 Å². The number of pyridine rings is 1. The monoisotopic (exact) mass is 465 g/mol. The summed E-state index contributed by atoms with van der Waals surface area (Å²) in [6, 6.07) is 17.0. The number of halogens is 2. The maximum Gasteiger partial charge on any atom is 0.257 e. The third-order valence-corrected chi connectivity index (χ3v) is 5.47. The third kappa shape index (κ3) is 4.96. The van der Waals surface area contributed by atoms with Crippen molar-refractivity contribution in [2.45, 2.75) is 6.54 Å². The highest BCUT2D eigenvalue weighted by atomic mass is 35.5. The molecule has 160 valence electrons. The fourth-order valence-electron chi connectivity index (χ4n) is 3.02. The molecule has 2 heterocycles. The maximum atomic E-state index is 12.8. The van der Waals surface area contributed by atoms with E-state index in [0.29, 0.717) is 39.2 Å². The van der Waals surface area contributed by atoms with Crippen LogP contribution in [0.4, 0.5) is 11.5 Å². The van der Waals surface area contributed by atoms with Gasteiger partial charge in [-0.05, 0) is 42.0 Å². The van der Waals surface area contributed by atoms with Crippen molar-refractivity contribution < 1.29 is 9.59 Å². The van der Waals surface area contributed by atoms with Crippen molar-refractivity contribution in [3.8, 4) is 0 Å². The molecule has 0 spiro atoms. The number of nitrogens with one attached hydrogen (secondary N) is 2. The van der Waals surface area contributed by atoms with E-state index in [1.54, 1.807) is 71.7 Å². The van der Waals surface area contributed by atoms with E-state index >= 15 is 0 Å². The molecule has 0 fully saturated rings. The molecule has 32 heavy (non-hydrogen) atoms. The zero-order chi connectivity index (χ0) is 22.5. The topological polar surface area (TPSA) is 88.9 Å². The Hall–Kier alpha value is -3.68. The molecule has 9 heteroatoms. The summed E-state index contributed by atoms with van der Waals surface area (Å²) in [5.41, 5.74) is 2.07. The molecule has 2 aromatic carbocycles. The van der Waals surface area contributed by atoms with Crippen LogP contribution in [0.5, 0.6) is 0 Å². The molecule has 0 aliphatic heterocycles. The fourth-order valence-corrected chi connectivity index (χ4v) is 3.40. The summed E-state index contributed by atoms with van der Waals surface area (Å²) in [6.45, 7) is 0.337. The van der Waals surface area contributed by atoms with Gasteiger partial charge in [0.1, 0.15) is 5.82 Å². The average molecular weight is 466 g/mol. The Bertz CT molecular complexity index is 1270. The number of benzene rings is 2. The average Bonchev–Trinajstić information content (AvgIpc) is 3.24. The van der Waals surface area contributed by atoms with Crippen molar-refractivity contribution in [1.29, 1.82) is 0 Å². The highest BCUT2D eigenvalue weighted by Gasteiger charge is 2.13. The molecule has 4 aromatic rings. The van der Waals surface area contributed by atoms with Crippen LogP contribution in [0.1, 0.15) is 26.3 Å². The molecular weight excluding hydrogens is 449 g/mol. The quantitative estimate of drug-likeness (QED) is 0.412. The van der Waals surface area contributed by atoms with Crippen LogP contribution >= 0.6 is 23.2 Å². The number of aromatic nitrogens is 3. The minimum Gasteiger partial charge on any atom is -0.322 e. The SMILES string of the molecule is O=C(Nc1cccc(C(=O)Nc2ccnn2Cc2cccc(Cl)c2Cl)c1)c1cccnc1.